The lowest BCUT2D eigenvalue weighted by atomic mass is 10.2. The summed E-state index contributed by atoms with van der Waals surface area (Å²) in [7, 11) is -4.31. The van der Waals surface area contributed by atoms with Crippen LogP contribution < -0.4 is 9.92 Å². The SMILES string of the molecule is Cc1ccc(S(=O)(=O)Oc2nc(CC(N)=O)nc3c2nc(-c2ccccc2Cl)n3-c2ccc(Cl)cc2)cc1. The van der Waals surface area contributed by atoms with Crippen LogP contribution in [-0.2, 0) is 21.3 Å². The van der Waals surface area contributed by atoms with Crippen molar-refractivity contribution in [1.29, 1.82) is 0 Å². The molecule has 38 heavy (non-hydrogen) atoms. The molecule has 0 saturated heterocycles. The van der Waals surface area contributed by atoms with Crippen LogP contribution in [0, 0.1) is 6.92 Å². The molecule has 0 spiro atoms. The molecule has 0 atom stereocenters. The van der Waals surface area contributed by atoms with E-state index in [9.17, 15) is 13.2 Å². The molecule has 2 aromatic heterocycles. The molecule has 0 saturated carbocycles. The van der Waals surface area contributed by atoms with E-state index in [4.69, 9.17) is 33.1 Å². The minimum Gasteiger partial charge on any atom is -0.369 e. The lowest BCUT2D eigenvalue weighted by molar-refractivity contribution is -0.117. The number of halogens is 2. The Morgan fingerprint density at radius 1 is 0.947 bits per heavy atom. The third-order valence-electron chi connectivity index (χ3n) is 5.55. The summed E-state index contributed by atoms with van der Waals surface area (Å²) in [6.45, 7) is 1.83. The van der Waals surface area contributed by atoms with Gasteiger partial charge in [-0.3, -0.25) is 9.36 Å². The zero-order valence-electron chi connectivity index (χ0n) is 19.8. The van der Waals surface area contributed by atoms with Gasteiger partial charge in [0.2, 0.25) is 5.91 Å². The van der Waals surface area contributed by atoms with E-state index in [1.807, 2.05) is 6.92 Å². The molecule has 2 N–H and O–H groups in total. The number of carbonyl (C=O) groups excluding carboxylic acids is 1. The van der Waals surface area contributed by atoms with E-state index in [1.54, 1.807) is 65.2 Å². The first-order valence-corrected chi connectivity index (χ1v) is 13.4. The Bertz CT molecular complexity index is 1790. The number of nitrogens with two attached hydrogens (primary N) is 1. The predicted molar refractivity (Wildman–Crippen MR) is 144 cm³/mol. The highest BCUT2D eigenvalue weighted by Crippen LogP contribution is 2.35. The monoisotopic (exact) mass is 567 g/mol. The molecule has 2 heterocycles. The van der Waals surface area contributed by atoms with Gasteiger partial charge < -0.3 is 9.92 Å². The number of carbonyl (C=O) groups is 1. The smallest absolute Gasteiger partial charge is 0.340 e. The van der Waals surface area contributed by atoms with Crippen molar-refractivity contribution >= 4 is 50.4 Å². The van der Waals surface area contributed by atoms with Gasteiger partial charge >= 0.3 is 10.1 Å². The van der Waals surface area contributed by atoms with E-state index in [1.165, 1.54) is 12.1 Å². The zero-order chi connectivity index (χ0) is 27.0. The first-order chi connectivity index (χ1) is 18.1. The molecule has 1 amide bonds. The van der Waals surface area contributed by atoms with Crippen molar-refractivity contribution in [3.8, 4) is 23.0 Å². The van der Waals surface area contributed by atoms with Crippen LogP contribution in [0.25, 0.3) is 28.2 Å². The lowest BCUT2D eigenvalue weighted by Gasteiger charge is -2.11. The van der Waals surface area contributed by atoms with Gasteiger partial charge in [-0.2, -0.15) is 13.4 Å². The van der Waals surface area contributed by atoms with Crippen molar-refractivity contribution in [2.24, 2.45) is 5.73 Å². The molecule has 0 aliphatic carbocycles. The quantitative estimate of drug-likeness (QED) is 0.277. The Morgan fingerprint density at radius 3 is 2.29 bits per heavy atom. The molecular weight excluding hydrogens is 549 g/mol. The average Bonchev–Trinajstić information content (AvgIpc) is 3.24. The van der Waals surface area contributed by atoms with Gasteiger partial charge in [0.15, 0.2) is 11.2 Å². The van der Waals surface area contributed by atoms with Gasteiger partial charge in [-0.15, -0.1) is 0 Å². The summed E-state index contributed by atoms with van der Waals surface area (Å²) in [6, 6.07) is 20.0. The fourth-order valence-electron chi connectivity index (χ4n) is 3.78. The fourth-order valence-corrected chi connectivity index (χ4v) is 5.02. The highest BCUT2D eigenvalue weighted by molar-refractivity contribution is 7.87. The van der Waals surface area contributed by atoms with Gasteiger partial charge in [0.1, 0.15) is 16.5 Å². The summed E-state index contributed by atoms with van der Waals surface area (Å²) in [5, 5.41) is 0.910. The van der Waals surface area contributed by atoms with Gasteiger partial charge in [0.05, 0.1) is 11.4 Å². The Morgan fingerprint density at radius 2 is 1.63 bits per heavy atom. The number of fused-ring (bicyclic) bond motifs is 1. The van der Waals surface area contributed by atoms with Gasteiger partial charge in [-0.05, 0) is 55.5 Å². The number of aryl methyl sites for hydroxylation is 1. The zero-order valence-corrected chi connectivity index (χ0v) is 22.1. The number of benzene rings is 3. The molecule has 0 bridgehead atoms. The Kier molecular flexibility index (Phi) is 6.78. The van der Waals surface area contributed by atoms with Crippen LogP contribution in [0.4, 0.5) is 0 Å². The summed E-state index contributed by atoms with van der Waals surface area (Å²) in [6.07, 6.45) is -0.357. The fraction of sp³-hybridized carbons (Fsp3) is 0.0769. The molecule has 12 heteroatoms. The number of nitrogens with zero attached hydrogens (tertiary/aromatic N) is 4. The van der Waals surface area contributed by atoms with Crippen molar-refractivity contribution in [2.75, 3.05) is 0 Å². The van der Waals surface area contributed by atoms with Crippen LogP contribution >= 0.6 is 23.2 Å². The summed E-state index contributed by atoms with van der Waals surface area (Å²) < 4.78 is 33.5. The molecule has 0 aliphatic rings. The number of amides is 1. The summed E-state index contributed by atoms with van der Waals surface area (Å²) in [5.41, 5.74) is 7.65. The van der Waals surface area contributed by atoms with Gasteiger partial charge in [0, 0.05) is 16.3 Å². The van der Waals surface area contributed by atoms with E-state index < -0.39 is 16.0 Å². The van der Waals surface area contributed by atoms with Crippen molar-refractivity contribution in [3.63, 3.8) is 0 Å². The molecular formula is C26H19Cl2N5O4S. The molecule has 3 aromatic carbocycles. The van der Waals surface area contributed by atoms with E-state index in [0.29, 0.717) is 27.1 Å². The number of aromatic nitrogens is 4. The van der Waals surface area contributed by atoms with Crippen LogP contribution in [0.15, 0.2) is 77.7 Å². The summed E-state index contributed by atoms with van der Waals surface area (Å²) in [5.74, 6) is -0.760. The normalized spacial score (nSPS) is 11.6. The molecule has 0 aliphatic heterocycles. The second-order valence-electron chi connectivity index (χ2n) is 8.34. The Balaban J connectivity index is 1.80. The Hall–Kier alpha value is -3.99. The van der Waals surface area contributed by atoms with Crippen molar-refractivity contribution in [1.82, 2.24) is 19.5 Å². The van der Waals surface area contributed by atoms with E-state index in [2.05, 4.69) is 15.0 Å². The Labute approximate surface area is 228 Å². The second-order valence-corrected chi connectivity index (χ2v) is 10.7. The molecule has 9 nitrogen and oxygen atoms in total. The standard InChI is InChI=1S/C26H19Cl2N5O4S/c1-15-6-12-18(13-7-15)38(35,36)37-26-23-25(30-22(31-26)14-21(29)34)33(17-10-8-16(27)9-11-17)24(32-23)19-4-2-3-5-20(19)28/h2-13H,14H2,1H3,(H2,29,34). The molecule has 5 rings (SSSR count). The molecule has 0 radical (unpaired) electrons. The van der Waals surface area contributed by atoms with Crippen LogP contribution in [0.2, 0.25) is 10.0 Å². The molecule has 5 aromatic rings. The molecule has 0 fully saturated rings. The second kappa shape index (κ2) is 10.1. The minimum absolute atomic E-state index is 0.0405. The number of primary amides is 1. The number of hydrogen-bond donors (Lipinski definition) is 1. The van der Waals surface area contributed by atoms with E-state index in [0.717, 1.165) is 5.56 Å². The highest BCUT2D eigenvalue weighted by atomic mass is 35.5. The van der Waals surface area contributed by atoms with Crippen LogP contribution in [0.1, 0.15) is 11.4 Å². The van der Waals surface area contributed by atoms with Gasteiger partial charge in [-0.1, -0.05) is 53.0 Å². The highest BCUT2D eigenvalue weighted by Gasteiger charge is 2.26. The van der Waals surface area contributed by atoms with Crippen molar-refractivity contribution < 1.29 is 17.4 Å². The van der Waals surface area contributed by atoms with Gasteiger partial charge in [0.25, 0.3) is 5.88 Å². The topological polar surface area (TPSA) is 130 Å². The van der Waals surface area contributed by atoms with E-state index >= 15 is 0 Å². The number of imidazole rings is 1. The maximum Gasteiger partial charge on any atom is 0.340 e. The van der Waals surface area contributed by atoms with Crippen molar-refractivity contribution in [3.05, 3.63) is 94.2 Å². The third kappa shape index (κ3) is 5.06. The largest absolute Gasteiger partial charge is 0.369 e. The lowest BCUT2D eigenvalue weighted by Crippen LogP contribution is -2.17. The van der Waals surface area contributed by atoms with Crippen LogP contribution in [-0.4, -0.2) is 33.8 Å². The van der Waals surface area contributed by atoms with Gasteiger partial charge in [-0.25, -0.2) is 9.97 Å². The maximum atomic E-state index is 13.2. The van der Waals surface area contributed by atoms with E-state index in [-0.39, 0.29) is 34.2 Å². The first kappa shape index (κ1) is 25.7. The first-order valence-electron chi connectivity index (χ1n) is 11.2. The third-order valence-corrected chi connectivity index (χ3v) is 7.36. The van der Waals surface area contributed by atoms with Crippen molar-refractivity contribution in [2.45, 2.75) is 18.2 Å². The average molecular weight is 568 g/mol. The molecule has 0 unspecified atom stereocenters. The number of rotatable bonds is 7. The predicted octanol–water partition coefficient (Wildman–Crippen LogP) is 4.89. The summed E-state index contributed by atoms with van der Waals surface area (Å²) in [4.78, 5) is 25.0. The molecule has 192 valence electrons. The minimum atomic E-state index is -4.31. The van der Waals surface area contributed by atoms with Crippen LogP contribution in [0.5, 0.6) is 5.88 Å². The maximum absolute atomic E-state index is 13.2. The van der Waals surface area contributed by atoms with Crippen LogP contribution in [0.3, 0.4) is 0 Å². The summed E-state index contributed by atoms with van der Waals surface area (Å²) >= 11 is 12.6. The number of hydrogen-bond acceptors (Lipinski definition) is 7.